The molecule has 1 aromatic rings. The predicted octanol–water partition coefficient (Wildman–Crippen LogP) is 8.00. The first-order valence-electron chi connectivity index (χ1n) is 10.1. The Bertz CT molecular complexity index is 1200. The van der Waals surface area contributed by atoms with E-state index in [1.165, 1.54) is 12.1 Å². The lowest BCUT2D eigenvalue weighted by Crippen LogP contribution is -2.74. The SMILES string of the molecule is O=C1c2ccccc2C(=O)N1CCC(I)=CC(F)(F)C(F)(F)C(F)(F)C(F)(F)C(F)(F)C(F)(F)C(F)(F)C(F)(F)F. The van der Waals surface area contributed by atoms with Crippen LogP contribution in [0, 0.1) is 0 Å². The molecule has 0 spiro atoms. The van der Waals surface area contributed by atoms with E-state index in [1.807, 2.05) is 0 Å². The zero-order valence-corrected chi connectivity index (χ0v) is 21.0. The summed E-state index contributed by atoms with van der Waals surface area (Å²) in [5.74, 6) is -59.2. The van der Waals surface area contributed by atoms with Gasteiger partial charge in [-0.25, -0.2) is 0 Å². The van der Waals surface area contributed by atoms with Gasteiger partial charge in [-0.15, -0.1) is 0 Å². The Hall–Kier alpha value is -2.36. The average molecular weight is 745 g/mol. The number of benzene rings is 1. The molecule has 1 aliphatic rings. The zero-order valence-electron chi connectivity index (χ0n) is 18.9. The van der Waals surface area contributed by atoms with E-state index in [0.717, 1.165) is 12.1 Å². The summed E-state index contributed by atoms with van der Waals surface area (Å²) in [6.45, 7) is -0.924. The average Bonchev–Trinajstić information content (AvgIpc) is 3.05. The van der Waals surface area contributed by atoms with Crippen LogP contribution in [-0.4, -0.2) is 70.9 Å². The molecule has 0 saturated carbocycles. The maximum atomic E-state index is 14.1. The maximum absolute atomic E-state index is 14.1. The fourth-order valence-corrected chi connectivity index (χ4v) is 3.83. The summed E-state index contributed by atoms with van der Waals surface area (Å²) in [5.41, 5.74) is -0.381. The van der Waals surface area contributed by atoms with Gasteiger partial charge in [0.15, 0.2) is 0 Å². The lowest BCUT2D eigenvalue weighted by molar-refractivity contribution is -0.459. The van der Waals surface area contributed by atoms with Gasteiger partial charge < -0.3 is 0 Å². The molecule has 232 valence electrons. The van der Waals surface area contributed by atoms with Gasteiger partial charge >= 0.3 is 47.6 Å². The third kappa shape index (κ3) is 5.01. The van der Waals surface area contributed by atoms with Crippen LogP contribution >= 0.6 is 22.6 Å². The summed E-state index contributed by atoms with van der Waals surface area (Å²) in [5, 5.41) is 0. The van der Waals surface area contributed by atoms with Crippen molar-refractivity contribution >= 4 is 34.4 Å². The largest absolute Gasteiger partial charge is 0.460 e. The van der Waals surface area contributed by atoms with Gasteiger partial charge in [0.05, 0.1) is 11.1 Å². The van der Waals surface area contributed by atoms with Gasteiger partial charge in [-0.3, -0.25) is 14.5 Å². The smallest absolute Gasteiger partial charge is 0.274 e. The Morgan fingerprint density at radius 3 is 1.32 bits per heavy atom. The Labute approximate surface area is 229 Å². The molecule has 0 unspecified atom stereocenters. The van der Waals surface area contributed by atoms with E-state index in [9.17, 15) is 84.2 Å². The molecule has 2 rings (SSSR count). The number of hydrogen-bond donors (Lipinski definition) is 0. The number of halogens is 18. The van der Waals surface area contributed by atoms with E-state index >= 15 is 0 Å². The van der Waals surface area contributed by atoms with E-state index in [2.05, 4.69) is 0 Å². The Morgan fingerprint density at radius 2 is 0.951 bits per heavy atom. The number of carbonyl (C=O) groups is 2. The van der Waals surface area contributed by atoms with Crippen LogP contribution in [0.5, 0.6) is 0 Å². The number of carbonyl (C=O) groups excluding carboxylic acids is 2. The van der Waals surface area contributed by atoms with Crippen molar-refractivity contribution in [1.29, 1.82) is 0 Å². The Morgan fingerprint density at radius 1 is 0.610 bits per heavy atom. The number of fused-ring (bicyclic) bond motifs is 1. The molecule has 41 heavy (non-hydrogen) atoms. The molecule has 0 saturated heterocycles. The van der Waals surface area contributed by atoms with Crippen molar-refractivity contribution in [1.82, 2.24) is 4.90 Å². The summed E-state index contributed by atoms with van der Waals surface area (Å²) >= 11 is 0.678. The molecule has 1 aromatic carbocycles. The standard InChI is InChI=1S/C20H9F17INO2/c21-13(22,7-8(38)5-6-39-11(40)9-3-1-2-4-10(9)12(39)41)14(23,24)15(25,26)16(27,28)17(29,30)18(31,32)19(33,34)20(35,36)37/h1-4,7H,5-6H2. The van der Waals surface area contributed by atoms with Crippen molar-refractivity contribution in [2.45, 2.75) is 54.1 Å². The van der Waals surface area contributed by atoms with Crippen LogP contribution in [0.15, 0.2) is 33.9 Å². The minimum atomic E-state index is -8.70. The van der Waals surface area contributed by atoms with Gasteiger partial charge in [0, 0.05) is 12.6 Å². The van der Waals surface area contributed by atoms with Crippen molar-refractivity contribution < 1.29 is 84.2 Å². The molecular weight excluding hydrogens is 736 g/mol. The van der Waals surface area contributed by atoms with Crippen molar-refractivity contribution in [3.63, 3.8) is 0 Å². The highest BCUT2D eigenvalue weighted by Crippen LogP contribution is 2.64. The maximum Gasteiger partial charge on any atom is 0.460 e. The van der Waals surface area contributed by atoms with Gasteiger partial charge in [0.1, 0.15) is 0 Å². The fraction of sp³-hybridized carbons (Fsp3) is 0.500. The Kier molecular flexibility index (Phi) is 8.60. The molecule has 1 heterocycles. The lowest BCUT2D eigenvalue weighted by atomic mass is 9.89. The number of nitrogens with zero attached hydrogens (tertiary/aromatic N) is 1. The highest BCUT2D eigenvalue weighted by molar-refractivity contribution is 14.1. The molecule has 0 N–H and O–H groups in total. The molecule has 3 nitrogen and oxygen atoms in total. The molecule has 2 amide bonds. The summed E-state index contributed by atoms with van der Waals surface area (Å²) in [7, 11) is 0. The molecule has 0 aromatic heterocycles. The van der Waals surface area contributed by atoms with Gasteiger partial charge in [-0.2, -0.15) is 74.6 Å². The number of hydrogen-bond acceptors (Lipinski definition) is 2. The predicted molar refractivity (Wildman–Crippen MR) is 109 cm³/mol. The molecule has 0 bridgehead atoms. The highest BCUT2D eigenvalue weighted by Gasteiger charge is 2.95. The quantitative estimate of drug-likeness (QED) is 0.138. The van der Waals surface area contributed by atoms with Gasteiger partial charge in [0.2, 0.25) is 0 Å². The normalized spacial score (nSPS) is 16.9. The van der Waals surface area contributed by atoms with Crippen LogP contribution in [-0.2, 0) is 0 Å². The van der Waals surface area contributed by atoms with Crippen LogP contribution in [0.4, 0.5) is 74.6 Å². The molecular formula is C20H9F17INO2. The molecule has 0 fully saturated rings. The van der Waals surface area contributed by atoms with Gasteiger partial charge in [0.25, 0.3) is 11.8 Å². The van der Waals surface area contributed by atoms with Crippen molar-refractivity contribution in [3.05, 3.63) is 45.0 Å². The third-order valence-electron chi connectivity index (χ3n) is 5.54. The summed E-state index contributed by atoms with van der Waals surface area (Å²) in [6, 6.07) is 4.91. The van der Waals surface area contributed by atoms with E-state index in [0.29, 0.717) is 27.5 Å². The number of allylic oxidation sites excluding steroid dienone is 1. The highest BCUT2D eigenvalue weighted by atomic mass is 127. The van der Waals surface area contributed by atoms with Crippen LogP contribution < -0.4 is 0 Å². The van der Waals surface area contributed by atoms with Crippen LogP contribution in [0.2, 0.25) is 0 Å². The molecule has 0 radical (unpaired) electrons. The van der Waals surface area contributed by atoms with Crippen LogP contribution in [0.25, 0.3) is 0 Å². The van der Waals surface area contributed by atoms with E-state index in [1.54, 1.807) is 0 Å². The minimum Gasteiger partial charge on any atom is -0.274 e. The van der Waals surface area contributed by atoms with Gasteiger partial charge in [-0.1, -0.05) is 12.1 Å². The summed E-state index contributed by atoms with van der Waals surface area (Å²) < 4.78 is 226. The summed E-state index contributed by atoms with van der Waals surface area (Å²) in [6.07, 6.45) is -10.2. The molecule has 0 aliphatic carbocycles. The Balaban J connectivity index is 2.40. The minimum absolute atomic E-state index is 0.191. The van der Waals surface area contributed by atoms with Crippen molar-refractivity contribution in [2.24, 2.45) is 0 Å². The van der Waals surface area contributed by atoms with Crippen LogP contribution in [0.1, 0.15) is 27.1 Å². The molecule has 1 aliphatic heterocycles. The monoisotopic (exact) mass is 745 g/mol. The molecule has 0 atom stereocenters. The number of alkyl halides is 17. The molecule has 21 heteroatoms. The fourth-order valence-electron chi connectivity index (χ4n) is 3.20. The topological polar surface area (TPSA) is 37.4 Å². The first-order valence-corrected chi connectivity index (χ1v) is 11.2. The third-order valence-corrected chi connectivity index (χ3v) is 6.39. The van der Waals surface area contributed by atoms with Crippen molar-refractivity contribution in [2.75, 3.05) is 6.54 Å². The number of rotatable bonds is 10. The number of amides is 2. The zero-order chi connectivity index (χ0) is 32.4. The first kappa shape index (κ1) is 34.8. The second-order valence-corrected chi connectivity index (χ2v) is 9.60. The van der Waals surface area contributed by atoms with Gasteiger partial charge in [-0.05, 0) is 44.7 Å². The first-order chi connectivity index (χ1) is 18.0. The van der Waals surface area contributed by atoms with Crippen LogP contribution in [0.3, 0.4) is 0 Å². The summed E-state index contributed by atoms with van der Waals surface area (Å²) in [4.78, 5) is 24.7. The second kappa shape index (κ2) is 10.1. The van der Waals surface area contributed by atoms with E-state index in [4.69, 9.17) is 0 Å². The number of imide groups is 1. The lowest BCUT2D eigenvalue weighted by Gasteiger charge is -2.42. The van der Waals surface area contributed by atoms with Crippen molar-refractivity contribution in [3.8, 4) is 0 Å². The van der Waals surface area contributed by atoms with E-state index < -0.39 is 82.1 Å². The second-order valence-electron chi connectivity index (χ2n) is 8.22. The van der Waals surface area contributed by atoms with E-state index in [-0.39, 0.29) is 11.1 Å².